The van der Waals surface area contributed by atoms with Gasteiger partial charge in [-0.15, -0.1) is 0 Å². The Kier molecular flexibility index (Phi) is 3.80. The fraction of sp³-hybridized carbons (Fsp3) is 0.0667. The number of halogens is 2. The van der Waals surface area contributed by atoms with Crippen LogP contribution in [0.3, 0.4) is 0 Å². The van der Waals surface area contributed by atoms with E-state index >= 15 is 0 Å². The van der Waals surface area contributed by atoms with E-state index in [-0.39, 0.29) is 15.6 Å². The summed E-state index contributed by atoms with van der Waals surface area (Å²) in [6, 6.07) is 7.15. The molecule has 0 atom stereocenters. The van der Waals surface area contributed by atoms with Gasteiger partial charge in [-0.2, -0.15) is 0 Å². The molecule has 3 rings (SSSR count). The number of thioether (sulfide) groups is 1. The van der Waals surface area contributed by atoms with Gasteiger partial charge in [-0.1, -0.05) is 11.6 Å². The van der Waals surface area contributed by atoms with Crippen LogP contribution in [0.25, 0.3) is 6.08 Å². The summed E-state index contributed by atoms with van der Waals surface area (Å²) in [5.74, 6) is 0.0849. The molecule has 1 aromatic heterocycles. The molecule has 2 amide bonds. The molecule has 1 saturated heterocycles. The van der Waals surface area contributed by atoms with Crippen LogP contribution in [0.1, 0.15) is 11.5 Å². The molecule has 0 spiro atoms. The number of rotatable bonds is 2. The first kappa shape index (κ1) is 14.9. The molecular formula is C15H9ClFNO3S. The number of hydrogen-bond donors (Lipinski definition) is 0. The second-order valence-electron chi connectivity index (χ2n) is 4.56. The Hall–Kier alpha value is -2.05. The van der Waals surface area contributed by atoms with Crippen LogP contribution in [0.5, 0.6) is 0 Å². The van der Waals surface area contributed by atoms with Gasteiger partial charge in [-0.3, -0.25) is 9.59 Å². The van der Waals surface area contributed by atoms with Gasteiger partial charge < -0.3 is 4.42 Å². The quantitative estimate of drug-likeness (QED) is 0.750. The number of amides is 2. The number of nitrogens with zero attached hydrogens (tertiary/aromatic N) is 1. The lowest BCUT2D eigenvalue weighted by molar-refractivity contribution is -0.113. The van der Waals surface area contributed by atoms with Gasteiger partial charge >= 0.3 is 0 Å². The third-order valence-electron chi connectivity index (χ3n) is 2.99. The normalized spacial score (nSPS) is 16.9. The highest BCUT2D eigenvalue weighted by Crippen LogP contribution is 2.36. The van der Waals surface area contributed by atoms with Crippen molar-refractivity contribution < 1.29 is 18.4 Å². The van der Waals surface area contributed by atoms with E-state index in [0.717, 1.165) is 22.7 Å². The first-order valence-corrected chi connectivity index (χ1v) is 7.44. The minimum Gasteiger partial charge on any atom is -0.462 e. The number of aryl methyl sites for hydroxylation is 1. The Balaban J connectivity index is 1.94. The topological polar surface area (TPSA) is 50.5 Å². The molecule has 7 heteroatoms. The number of anilines is 1. The molecule has 0 bridgehead atoms. The molecule has 0 N–H and O–H groups in total. The van der Waals surface area contributed by atoms with Gasteiger partial charge in [0.1, 0.15) is 17.3 Å². The first-order chi connectivity index (χ1) is 10.5. The van der Waals surface area contributed by atoms with Gasteiger partial charge in [0.15, 0.2) is 0 Å². The van der Waals surface area contributed by atoms with E-state index in [1.54, 1.807) is 19.1 Å². The third-order valence-corrected chi connectivity index (χ3v) is 4.15. The molecule has 1 aliphatic heterocycles. The van der Waals surface area contributed by atoms with Crippen molar-refractivity contribution in [2.75, 3.05) is 4.90 Å². The summed E-state index contributed by atoms with van der Waals surface area (Å²) in [5.41, 5.74) is 0.230. The molecule has 0 radical (unpaired) electrons. The third kappa shape index (κ3) is 2.67. The van der Waals surface area contributed by atoms with Crippen molar-refractivity contribution in [2.45, 2.75) is 6.92 Å². The number of benzene rings is 1. The van der Waals surface area contributed by atoms with Gasteiger partial charge in [-0.25, -0.2) is 9.29 Å². The van der Waals surface area contributed by atoms with Crippen molar-refractivity contribution in [3.05, 3.63) is 57.6 Å². The van der Waals surface area contributed by atoms with Gasteiger partial charge in [0.05, 0.1) is 15.6 Å². The smallest absolute Gasteiger partial charge is 0.298 e. The van der Waals surface area contributed by atoms with E-state index in [2.05, 4.69) is 0 Å². The maximum atomic E-state index is 13.2. The molecule has 1 fully saturated rings. The summed E-state index contributed by atoms with van der Waals surface area (Å²) in [4.78, 5) is 25.6. The molecule has 4 nitrogen and oxygen atoms in total. The molecule has 112 valence electrons. The molecule has 1 aromatic carbocycles. The Morgan fingerprint density at radius 1 is 1.27 bits per heavy atom. The van der Waals surface area contributed by atoms with Crippen molar-refractivity contribution in [1.82, 2.24) is 0 Å². The maximum absolute atomic E-state index is 13.2. The average molecular weight is 338 g/mol. The van der Waals surface area contributed by atoms with E-state index < -0.39 is 17.0 Å². The zero-order valence-electron chi connectivity index (χ0n) is 11.3. The van der Waals surface area contributed by atoms with Crippen LogP contribution in [0, 0.1) is 12.7 Å². The van der Waals surface area contributed by atoms with Crippen LogP contribution in [0.2, 0.25) is 5.02 Å². The fourth-order valence-electron chi connectivity index (χ4n) is 1.97. The van der Waals surface area contributed by atoms with Crippen LogP contribution in [-0.2, 0) is 4.79 Å². The fourth-order valence-corrected chi connectivity index (χ4v) is 2.97. The van der Waals surface area contributed by atoms with Crippen LogP contribution >= 0.6 is 23.4 Å². The molecule has 0 unspecified atom stereocenters. The van der Waals surface area contributed by atoms with Crippen molar-refractivity contribution in [3.63, 3.8) is 0 Å². The summed E-state index contributed by atoms with van der Waals surface area (Å²) < 4.78 is 18.6. The monoisotopic (exact) mass is 337 g/mol. The van der Waals surface area contributed by atoms with Gasteiger partial charge in [0, 0.05) is 6.08 Å². The zero-order valence-corrected chi connectivity index (χ0v) is 12.9. The first-order valence-electron chi connectivity index (χ1n) is 6.25. The van der Waals surface area contributed by atoms with Gasteiger partial charge in [-0.05, 0) is 49.0 Å². The highest BCUT2D eigenvalue weighted by atomic mass is 35.5. The Morgan fingerprint density at radius 2 is 2.05 bits per heavy atom. The molecule has 0 saturated carbocycles. The summed E-state index contributed by atoms with van der Waals surface area (Å²) in [6.45, 7) is 1.78. The van der Waals surface area contributed by atoms with Crippen LogP contribution in [-0.4, -0.2) is 11.1 Å². The van der Waals surface area contributed by atoms with Crippen molar-refractivity contribution >= 4 is 46.3 Å². The van der Waals surface area contributed by atoms with Crippen LogP contribution in [0.4, 0.5) is 14.9 Å². The number of carbonyl (C=O) groups is 2. The maximum Gasteiger partial charge on any atom is 0.298 e. The number of hydrogen-bond acceptors (Lipinski definition) is 4. The number of furan rings is 1. The average Bonchev–Trinajstić information content (AvgIpc) is 2.98. The lowest BCUT2D eigenvalue weighted by Gasteiger charge is -2.12. The van der Waals surface area contributed by atoms with E-state index in [9.17, 15) is 14.0 Å². The predicted octanol–water partition coefficient (Wildman–Crippen LogP) is 4.62. The van der Waals surface area contributed by atoms with Crippen LogP contribution < -0.4 is 4.90 Å². The van der Waals surface area contributed by atoms with E-state index in [0.29, 0.717) is 11.5 Å². The highest BCUT2D eigenvalue weighted by Gasteiger charge is 2.36. The SMILES string of the molecule is Cc1ccc(/C=C2/SC(=O)N(c3ccc(F)c(Cl)c3)C2=O)o1. The van der Waals surface area contributed by atoms with Crippen molar-refractivity contribution in [3.8, 4) is 0 Å². The predicted molar refractivity (Wildman–Crippen MR) is 83.3 cm³/mol. The minimum absolute atomic E-state index is 0.151. The summed E-state index contributed by atoms with van der Waals surface area (Å²) in [5, 5.41) is -0.621. The van der Waals surface area contributed by atoms with Gasteiger partial charge in [0.25, 0.3) is 11.1 Å². The highest BCUT2D eigenvalue weighted by molar-refractivity contribution is 8.19. The van der Waals surface area contributed by atoms with E-state index in [1.165, 1.54) is 18.2 Å². The van der Waals surface area contributed by atoms with E-state index in [1.807, 2.05) is 0 Å². The molecule has 0 aliphatic carbocycles. The minimum atomic E-state index is -0.612. The van der Waals surface area contributed by atoms with Gasteiger partial charge in [0.2, 0.25) is 0 Å². The molecule has 2 heterocycles. The largest absolute Gasteiger partial charge is 0.462 e. The standard InChI is InChI=1S/C15H9ClFNO3S/c1-8-2-4-10(21-8)7-13-14(19)18(15(20)22-13)9-3-5-12(17)11(16)6-9/h2-7H,1H3/b13-7+. The summed E-state index contributed by atoms with van der Waals surface area (Å²) in [7, 11) is 0. The van der Waals surface area contributed by atoms with Crippen LogP contribution in [0.15, 0.2) is 39.7 Å². The molecule has 22 heavy (non-hydrogen) atoms. The van der Waals surface area contributed by atoms with Crippen molar-refractivity contribution in [1.29, 1.82) is 0 Å². The Labute approximate surface area is 134 Å². The molecule has 1 aliphatic rings. The number of imide groups is 1. The molecular weight excluding hydrogens is 329 g/mol. The Morgan fingerprint density at radius 3 is 2.68 bits per heavy atom. The van der Waals surface area contributed by atoms with Crippen molar-refractivity contribution in [2.24, 2.45) is 0 Å². The zero-order chi connectivity index (χ0) is 15.9. The number of carbonyl (C=O) groups excluding carboxylic acids is 2. The lowest BCUT2D eigenvalue weighted by Crippen LogP contribution is -2.27. The second kappa shape index (κ2) is 5.62. The summed E-state index contributed by atoms with van der Waals surface area (Å²) >= 11 is 6.49. The Bertz CT molecular complexity index is 815. The summed E-state index contributed by atoms with van der Waals surface area (Å²) in [6.07, 6.45) is 1.50. The van der Waals surface area contributed by atoms with E-state index in [4.69, 9.17) is 16.0 Å². The second-order valence-corrected chi connectivity index (χ2v) is 5.96. The lowest BCUT2D eigenvalue weighted by atomic mass is 10.2. The molecule has 2 aromatic rings.